The van der Waals surface area contributed by atoms with Crippen molar-refractivity contribution >= 4 is 0 Å². The summed E-state index contributed by atoms with van der Waals surface area (Å²) in [5, 5.41) is 47.9. The van der Waals surface area contributed by atoms with E-state index in [1.165, 1.54) is 0 Å². The van der Waals surface area contributed by atoms with Crippen LogP contribution in [0.15, 0.2) is 12.2 Å². The summed E-state index contributed by atoms with van der Waals surface area (Å²) in [4.78, 5) is 0. The van der Waals surface area contributed by atoms with Crippen molar-refractivity contribution in [3.63, 3.8) is 0 Å². The molecule has 7 heteroatoms. The van der Waals surface area contributed by atoms with E-state index in [1.807, 2.05) is 0 Å². The average Bonchev–Trinajstić information content (AvgIpc) is 2.65. The van der Waals surface area contributed by atoms with E-state index in [-0.39, 0.29) is 6.61 Å². The van der Waals surface area contributed by atoms with Crippen molar-refractivity contribution in [1.82, 2.24) is 0 Å². The highest BCUT2D eigenvalue weighted by Gasteiger charge is 2.44. The lowest BCUT2D eigenvalue weighted by Crippen LogP contribution is -2.59. The fourth-order valence-electron chi connectivity index (χ4n) is 2.20. The molecule has 1 rings (SSSR count). The standard InChI is InChI=1S/C19H24O7/c1-2-3-4-5-6-7-8-9-10-11-14(12-20)25-19-18(24)17(23)16(22)15(13-21)26-19/h8-9,14-24H,10-13H2,1H3/b9-8+/t14-,15-,16-,17+,18-,19-/m1/s1. The van der Waals surface area contributed by atoms with Gasteiger partial charge in [-0.05, 0) is 49.5 Å². The summed E-state index contributed by atoms with van der Waals surface area (Å²) in [7, 11) is 0. The predicted molar refractivity (Wildman–Crippen MR) is 93.1 cm³/mol. The lowest BCUT2D eigenvalue weighted by Gasteiger charge is -2.40. The first kappa shape index (κ1) is 22.2. The number of allylic oxidation sites excluding steroid dienone is 2. The van der Waals surface area contributed by atoms with Gasteiger partial charge in [0.15, 0.2) is 6.29 Å². The van der Waals surface area contributed by atoms with E-state index >= 15 is 0 Å². The predicted octanol–water partition coefficient (Wildman–Crippen LogP) is -1.47. The molecule has 0 unspecified atom stereocenters. The average molecular weight is 364 g/mol. The Morgan fingerprint density at radius 1 is 1.04 bits per heavy atom. The van der Waals surface area contributed by atoms with Crippen LogP contribution in [0.1, 0.15) is 19.8 Å². The van der Waals surface area contributed by atoms with Gasteiger partial charge in [-0.2, -0.15) is 0 Å². The minimum atomic E-state index is -1.51. The maximum absolute atomic E-state index is 9.92. The second-order valence-electron chi connectivity index (χ2n) is 5.51. The first-order chi connectivity index (χ1) is 12.5. The van der Waals surface area contributed by atoms with Crippen LogP contribution in [0.5, 0.6) is 0 Å². The largest absolute Gasteiger partial charge is 0.394 e. The molecule has 1 fully saturated rings. The van der Waals surface area contributed by atoms with E-state index < -0.39 is 43.4 Å². The van der Waals surface area contributed by atoms with Gasteiger partial charge in [0.05, 0.1) is 19.3 Å². The molecular weight excluding hydrogens is 340 g/mol. The number of hydrogen-bond acceptors (Lipinski definition) is 7. The molecule has 7 nitrogen and oxygen atoms in total. The van der Waals surface area contributed by atoms with Gasteiger partial charge in [0.1, 0.15) is 24.4 Å². The molecule has 0 aliphatic carbocycles. The smallest absolute Gasteiger partial charge is 0.187 e. The Morgan fingerprint density at radius 3 is 2.42 bits per heavy atom. The van der Waals surface area contributed by atoms with Gasteiger partial charge in [-0.1, -0.05) is 17.9 Å². The van der Waals surface area contributed by atoms with E-state index in [0.717, 1.165) is 0 Å². The number of aliphatic hydroxyl groups excluding tert-OH is 5. The highest BCUT2D eigenvalue weighted by molar-refractivity contribution is 5.37. The van der Waals surface area contributed by atoms with Gasteiger partial charge in [0, 0.05) is 0 Å². The molecule has 0 radical (unpaired) electrons. The number of ether oxygens (including phenoxy) is 2. The summed E-state index contributed by atoms with van der Waals surface area (Å²) in [5.41, 5.74) is 0. The Labute approximate surface area is 153 Å². The van der Waals surface area contributed by atoms with Crippen molar-refractivity contribution in [2.75, 3.05) is 13.2 Å². The number of rotatable bonds is 7. The van der Waals surface area contributed by atoms with Crippen LogP contribution in [-0.2, 0) is 9.47 Å². The summed E-state index contributed by atoms with van der Waals surface area (Å²) in [6.45, 7) is 0.824. The summed E-state index contributed by atoms with van der Waals surface area (Å²) in [5.74, 6) is 15.6. The monoisotopic (exact) mass is 364 g/mol. The third-order valence-corrected chi connectivity index (χ3v) is 3.62. The Morgan fingerprint density at radius 2 is 1.77 bits per heavy atom. The topological polar surface area (TPSA) is 120 Å². The first-order valence-corrected chi connectivity index (χ1v) is 8.19. The molecule has 1 heterocycles. The Kier molecular flexibility index (Phi) is 10.7. The third kappa shape index (κ3) is 7.17. The SMILES string of the molecule is CC#CC#CC#C/C=C/CC[C@H](CO)O[C@@H]1O[C@H](CO)[C@@H](O)[C@H](O)[C@H]1O. The highest BCUT2D eigenvalue weighted by atomic mass is 16.7. The van der Waals surface area contributed by atoms with E-state index in [1.54, 1.807) is 19.1 Å². The van der Waals surface area contributed by atoms with Crippen molar-refractivity contribution in [3.8, 4) is 35.5 Å². The van der Waals surface area contributed by atoms with Gasteiger partial charge in [0.2, 0.25) is 0 Å². The van der Waals surface area contributed by atoms with Gasteiger partial charge >= 0.3 is 0 Å². The van der Waals surface area contributed by atoms with E-state index in [0.29, 0.717) is 12.8 Å². The summed E-state index contributed by atoms with van der Waals surface area (Å²) < 4.78 is 10.7. The maximum atomic E-state index is 9.92. The zero-order chi connectivity index (χ0) is 19.4. The van der Waals surface area contributed by atoms with Crippen LogP contribution in [0.4, 0.5) is 0 Å². The minimum absolute atomic E-state index is 0.324. The molecule has 142 valence electrons. The number of aliphatic hydroxyl groups is 5. The van der Waals surface area contributed by atoms with Crippen molar-refractivity contribution in [2.24, 2.45) is 0 Å². The third-order valence-electron chi connectivity index (χ3n) is 3.62. The Balaban J connectivity index is 2.48. The molecule has 5 N–H and O–H groups in total. The molecule has 1 aliphatic heterocycles. The lowest BCUT2D eigenvalue weighted by molar-refractivity contribution is -0.313. The van der Waals surface area contributed by atoms with Crippen LogP contribution in [-0.4, -0.2) is 75.6 Å². The van der Waals surface area contributed by atoms with Gasteiger partial charge in [-0.3, -0.25) is 0 Å². The van der Waals surface area contributed by atoms with Crippen molar-refractivity contribution in [3.05, 3.63) is 12.2 Å². The van der Waals surface area contributed by atoms with E-state index in [2.05, 4.69) is 35.5 Å². The zero-order valence-electron chi connectivity index (χ0n) is 14.5. The Hall–Kier alpha value is -1.86. The first-order valence-electron chi connectivity index (χ1n) is 8.19. The van der Waals surface area contributed by atoms with Crippen LogP contribution in [0.3, 0.4) is 0 Å². The molecule has 0 bridgehead atoms. The van der Waals surface area contributed by atoms with Crippen molar-refractivity contribution < 1.29 is 35.0 Å². The molecule has 0 saturated carbocycles. The fourth-order valence-corrected chi connectivity index (χ4v) is 2.20. The van der Waals surface area contributed by atoms with Crippen LogP contribution in [0, 0.1) is 35.5 Å². The summed E-state index contributed by atoms with van der Waals surface area (Å²) in [6.07, 6.45) is -3.07. The number of hydrogen-bond donors (Lipinski definition) is 5. The quantitative estimate of drug-likeness (QED) is 0.350. The normalized spacial score (nSPS) is 28.9. The van der Waals surface area contributed by atoms with Gasteiger partial charge in [-0.15, -0.1) is 0 Å². The van der Waals surface area contributed by atoms with E-state index in [9.17, 15) is 20.4 Å². The summed E-state index contributed by atoms with van der Waals surface area (Å²) in [6, 6.07) is 0. The molecule has 1 aliphatic rings. The molecule has 1 saturated heterocycles. The highest BCUT2D eigenvalue weighted by Crippen LogP contribution is 2.23. The second-order valence-corrected chi connectivity index (χ2v) is 5.51. The van der Waals surface area contributed by atoms with Crippen LogP contribution < -0.4 is 0 Å². The van der Waals surface area contributed by atoms with Crippen LogP contribution >= 0.6 is 0 Å². The zero-order valence-corrected chi connectivity index (χ0v) is 14.5. The molecule has 0 spiro atoms. The van der Waals surface area contributed by atoms with Gasteiger partial charge in [0.25, 0.3) is 0 Å². The molecule has 6 atom stereocenters. The molecule has 0 aromatic heterocycles. The lowest BCUT2D eigenvalue weighted by atomic mass is 9.99. The maximum Gasteiger partial charge on any atom is 0.187 e. The minimum Gasteiger partial charge on any atom is -0.394 e. The van der Waals surface area contributed by atoms with Crippen molar-refractivity contribution in [1.29, 1.82) is 0 Å². The molecule has 0 aromatic carbocycles. The Bertz CT molecular complexity index is 623. The molecule has 0 amide bonds. The summed E-state index contributed by atoms with van der Waals surface area (Å²) >= 11 is 0. The fraction of sp³-hybridized carbons (Fsp3) is 0.579. The van der Waals surface area contributed by atoms with Crippen LogP contribution in [0.2, 0.25) is 0 Å². The van der Waals surface area contributed by atoms with E-state index in [4.69, 9.17) is 14.6 Å². The molecule has 0 aromatic rings. The van der Waals surface area contributed by atoms with Gasteiger partial charge < -0.3 is 35.0 Å². The van der Waals surface area contributed by atoms with Crippen LogP contribution in [0.25, 0.3) is 0 Å². The molecular formula is C19H24O7. The van der Waals surface area contributed by atoms with Gasteiger partial charge in [-0.25, -0.2) is 0 Å². The molecule has 26 heavy (non-hydrogen) atoms. The second kappa shape index (κ2) is 12.5. The van der Waals surface area contributed by atoms with Crippen molar-refractivity contribution in [2.45, 2.75) is 56.6 Å².